The topological polar surface area (TPSA) is 46.2 Å². The molecule has 3 nitrogen and oxygen atoms in total. The lowest BCUT2D eigenvalue weighted by molar-refractivity contribution is 0.570. The molecule has 1 N–H and O–H groups in total. The van der Waals surface area contributed by atoms with E-state index in [-0.39, 0.29) is 16.7 Å². The number of anilines is 1. The summed E-state index contributed by atoms with van der Waals surface area (Å²) in [5, 5.41) is 0. The predicted molar refractivity (Wildman–Crippen MR) is 91.8 cm³/mol. The second kappa shape index (κ2) is 6.71. The molecule has 0 spiro atoms. The molecular formula is C18H22FNO2S. The zero-order valence-corrected chi connectivity index (χ0v) is 14.6. The first kappa shape index (κ1) is 17.5. The van der Waals surface area contributed by atoms with E-state index in [1.165, 1.54) is 18.2 Å². The lowest BCUT2D eigenvalue weighted by atomic mass is 9.93. The first-order valence-corrected chi connectivity index (χ1v) is 9.12. The van der Waals surface area contributed by atoms with Crippen LogP contribution in [0.1, 0.15) is 50.7 Å². The Morgan fingerprint density at radius 2 is 1.39 bits per heavy atom. The lowest BCUT2D eigenvalue weighted by Crippen LogP contribution is -2.17. The van der Waals surface area contributed by atoms with Crippen molar-refractivity contribution in [2.75, 3.05) is 4.72 Å². The van der Waals surface area contributed by atoms with Gasteiger partial charge in [0.25, 0.3) is 10.0 Å². The molecule has 124 valence electrons. The molecule has 0 radical (unpaired) electrons. The first-order valence-electron chi connectivity index (χ1n) is 7.64. The Kier molecular flexibility index (Phi) is 5.09. The van der Waals surface area contributed by atoms with Gasteiger partial charge in [-0.25, -0.2) is 12.8 Å². The van der Waals surface area contributed by atoms with E-state index in [9.17, 15) is 12.8 Å². The largest absolute Gasteiger partial charge is 0.279 e. The maximum Gasteiger partial charge on any atom is 0.264 e. The minimum atomic E-state index is -3.98. The van der Waals surface area contributed by atoms with Crippen molar-refractivity contribution >= 4 is 15.7 Å². The van der Waals surface area contributed by atoms with Crippen LogP contribution in [0.3, 0.4) is 0 Å². The van der Waals surface area contributed by atoms with E-state index in [1.807, 2.05) is 45.9 Å². The average Bonchev–Trinajstić information content (AvgIpc) is 2.46. The van der Waals surface area contributed by atoms with Gasteiger partial charge in [0.2, 0.25) is 0 Å². The molecule has 2 aromatic carbocycles. The molecule has 0 atom stereocenters. The van der Waals surface area contributed by atoms with Crippen LogP contribution in [0.2, 0.25) is 0 Å². The van der Waals surface area contributed by atoms with Crippen molar-refractivity contribution < 1.29 is 12.8 Å². The molecule has 23 heavy (non-hydrogen) atoms. The van der Waals surface area contributed by atoms with Crippen molar-refractivity contribution in [3.63, 3.8) is 0 Å². The maximum atomic E-state index is 13.9. The highest BCUT2D eigenvalue weighted by Gasteiger charge is 2.23. The molecule has 2 rings (SSSR count). The molecule has 0 amide bonds. The van der Waals surface area contributed by atoms with Crippen molar-refractivity contribution in [3.05, 3.63) is 59.4 Å². The van der Waals surface area contributed by atoms with Crippen LogP contribution in [0, 0.1) is 5.82 Å². The number of hydrogen-bond acceptors (Lipinski definition) is 2. The molecule has 0 unspecified atom stereocenters. The summed E-state index contributed by atoms with van der Waals surface area (Å²) in [4.78, 5) is -0.340. The van der Waals surface area contributed by atoms with E-state index in [4.69, 9.17) is 0 Å². The highest BCUT2D eigenvalue weighted by molar-refractivity contribution is 7.92. The number of rotatable bonds is 5. The zero-order valence-electron chi connectivity index (χ0n) is 13.8. The molecule has 0 fully saturated rings. The summed E-state index contributed by atoms with van der Waals surface area (Å²) in [7, 11) is -3.98. The Hall–Kier alpha value is -1.88. The molecule has 0 saturated carbocycles. The van der Waals surface area contributed by atoms with E-state index in [2.05, 4.69) is 4.72 Å². The number of halogens is 1. The molecule has 0 aromatic heterocycles. The Morgan fingerprint density at radius 1 is 0.870 bits per heavy atom. The Labute approximate surface area is 137 Å². The van der Waals surface area contributed by atoms with Crippen LogP contribution in [-0.2, 0) is 10.0 Å². The van der Waals surface area contributed by atoms with Crippen LogP contribution in [0.15, 0.2) is 47.4 Å². The number of para-hydroxylation sites is 1. The Morgan fingerprint density at radius 3 is 1.87 bits per heavy atom. The molecule has 0 aliphatic carbocycles. The smallest absolute Gasteiger partial charge is 0.264 e. The fourth-order valence-corrected chi connectivity index (χ4v) is 3.72. The van der Waals surface area contributed by atoms with Gasteiger partial charge in [0, 0.05) is 0 Å². The monoisotopic (exact) mass is 335 g/mol. The van der Waals surface area contributed by atoms with Crippen LogP contribution in [0.5, 0.6) is 0 Å². The lowest BCUT2D eigenvalue weighted by Gasteiger charge is -2.21. The van der Waals surface area contributed by atoms with E-state index >= 15 is 0 Å². The molecule has 2 aromatic rings. The molecule has 5 heteroatoms. The summed E-state index contributed by atoms with van der Waals surface area (Å²) in [5.41, 5.74) is 2.35. The van der Waals surface area contributed by atoms with Gasteiger partial charge in [0.05, 0.1) is 5.69 Å². The second-order valence-corrected chi connectivity index (χ2v) is 7.81. The molecule has 0 saturated heterocycles. The average molecular weight is 335 g/mol. The van der Waals surface area contributed by atoms with Crippen molar-refractivity contribution in [1.29, 1.82) is 0 Å². The summed E-state index contributed by atoms with van der Waals surface area (Å²) in [6, 6.07) is 11.1. The molecule has 0 heterocycles. The van der Waals surface area contributed by atoms with Crippen LogP contribution in [-0.4, -0.2) is 8.42 Å². The van der Waals surface area contributed by atoms with Gasteiger partial charge in [-0.1, -0.05) is 58.0 Å². The third kappa shape index (κ3) is 3.72. The van der Waals surface area contributed by atoms with Crippen molar-refractivity contribution in [3.8, 4) is 0 Å². The van der Waals surface area contributed by atoms with E-state index in [1.54, 1.807) is 0 Å². The van der Waals surface area contributed by atoms with E-state index in [0.29, 0.717) is 5.69 Å². The van der Waals surface area contributed by atoms with Gasteiger partial charge in [-0.05, 0) is 35.1 Å². The quantitative estimate of drug-likeness (QED) is 0.847. The van der Waals surface area contributed by atoms with Gasteiger partial charge in [-0.2, -0.15) is 0 Å². The summed E-state index contributed by atoms with van der Waals surface area (Å²) in [5.74, 6) is -0.466. The highest BCUT2D eigenvalue weighted by Crippen LogP contribution is 2.34. The van der Waals surface area contributed by atoms with Gasteiger partial charge in [0.15, 0.2) is 0 Å². The van der Waals surface area contributed by atoms with Gasteiger partial charge in [0.1, 0.15) is 10.7 Å². The van der Waals surface area contributed by atoms with Crippen LogP contribution in [0.4, 0.5) is 10.1 Å². The number of hydrogen-bond donors (Lipinski definition) is 1. The molecular weight excluding hydrogens is 313 g/mol. The number of sulfonamides is 1. The third-order valence-corrected chi connectivity index (χ3v) is 5.12. The highest BCUT2D eigenvalue weighted by atomic mass is 32.2. The summed E-state index contributed by atoms with van der Waals surface area (Å²) in [6.07, 6.45) is 0. The van der Waals surface area contributed by atoms with Gasteiger partial charge in [-0.15, -0.1) is 0 Å². The van der Waals surface area contributed by atoms with Gasteiger partial charge < -0.3 is 0 Å². The standard InChI is InChI=1S/C18H22FNO2S/c1-12(2)14-8-7-9-15(13(3)4)18(14)20-23(21,22)17-11-6-5-10-16(17)19/h5-13,20H,1-4H3. The third-order valence-electron chi connectivity index (χ3n) is 3.74. The van der Waals surface area contributed by atoms with Crippen LogP contribution < -0.4 is 4.72 Å². The first-order chi connectivity index (χ1) is 10.7. The summed E-state index contributed by atoms with van der Waals surface area (Å²) in [6.45, 7) is 8.00. The summed E-state index contributed by atoms with van der Waals surface area (Å²) < 4.78 is 41.7. The van der Waals surface area contributed by atoms with Crippen LogP contribution in [0.25, 0.3) is 0 Å². The Balaban J connectivity index is 2.57. The van der Waals surface area contributed by atoms with Gasteiger partial charge >= 0.3 is 0 Å². The SMILES string of the molecule is CC(C)c1cccc(C(C)C)c1NS(=O)(=O)c1ccccc1F. The predicted octanol–water partition coefficient (Wildman–Crippen LogP) is 4.87. The Bertz CT molecular complexity index is 772. The van der Waals surface area contributed by atoms with Crippen molar-refractivity contribution in [2.45, 2.75) is 44.4 Å². The zero-order chi connectivity index (χ0) is 17.2. The van der Waals surface area contributed by atoms with Crippen molar-refractivity contribution in [2.24, 2.45) is 0 Å². The second-order valence-electron chi connectivity index (χ2n) is 6.16. The van der Waals surface area contributed by atoms with Crippen LogP contribution >= 0.6 is 0 Å². The number of benzene rings is 2. The molecule has 0 aliphatic heterocycles. The molecule has 0 bridgehead atoms. The molecule has 0 aliphatic rings. The minimum absolute atomic E-state index is 0.145. The fourth-order valence-electron chi connectivity index (χ4n) is 2.52. The fraction of sp³-hybridized carbons (Fsp3) is 0.333. The summed E-state index contributed by atoms with van der Waals surface area (Å²) >= 11 is 0. The minimum Gasteiger partial charge on any atom is -0.279 e. The van der Waals surface area contributed by atoms with E-state index in [0.717, 1.165) is 17.2 Å². The normalized spacial score (nSPS) is 12.0. The number of nitrogens with one attached hydrogen (secondary N) is 1. The maximum absolute atomic E-state index is 13.9. The van der Waals surface area contributed by atoms with Crippen molar-refractivity contribution in [1.82, 2.24) is 0 Å². The van der Waals surface area contributed by atoms with E-state index < -0.39 is 15.8 Å². The van der Waals surface area contributed by atoms with Gasteiger partial charge in [-0.3, -0.25) is 4.72 Å².